The molecule has 0 aliphatic carbocycles. The van der Waals surface area contributed by atoms with Crippen LogP contribution in [0.5, 0.6) is 11.5 Å². The van der Waals surface area contributed by atoms with Crippen LogP contribution >= 0.6 is 0 Å². The third-order valence-corrected chi connectivity index (χ3v) is 3.10. The van der Waals surface area contributed by atoms with Gasteiger partial charge in [-0.1, -0.05) is 6.07 Å². The van der Waals surface area contributed by atoms with E-state index >= 15 is 0 Å². The first-order valence-electron chi connectivity index (χ1n) is 6.27. The Kier molecular flexibility index (Phi) is 4.09. The van der Waals surface area contributed by atoms with E-state index in [1.165, 1.54) is 0 Å². The van der Waals surface area contributed by atoms with Crippen molar-refractivity contribution in [1.29, 1.82) is 0 Å². The van der Waals surface area contributed by atoms with Gasteiger partial charge in [0, 0.05) is 5.56 Å². The third kappa shape index (κ3) is 2.60. The van der Waals surface area contributed by atoms with Gasteiger partial charge in [-0.2, -0.15) is 0 Å². The molecule has 1 aliphatic heterocycles. The maximum atomic E-state index is 5.74. The summed E-state index contributed by atoms with van der Waals surface area (Å²) in [6.07, 6.45) is -0.111. The van der Waals surface area contributed by atoms with Crippen molar-refractivity contribution in [1.82, 2.24) is 0 Å². The van der Waals surface area contributed by atoms with E-state index in [9.17, 15) is 0 Å². The van der Waals surface area contributed by atoms with Gasteiger partial charge < -0.3 is 18.9 Å². The molecule has 2 unspecified atom stereocenters. The second-order valence-corrected chi connectivity index (χ2v) is 4.36. The average molecular weight is 252 g/mol. The minimum absolute atomic E-state index is 0.104. The lowest BCUT2D eigenvalue weighted by molar-refractivity contribution is -0.0654. The minimum atomic E-state index is -0.320. The molecule has 0 amide bonds. The molecule has 0 aromatic heterocycles. The number of ether oxygens (including phenoxy) is 4. The van der Waals surface area contributed by atoms with Crippen molar-refractivity contribution in [2.75, 3.05) is 13.7 Å². The number of hydrogen-bond donors (Lipinski definition) is 0. The van der Waals surface area contributed by atoms with Gasteiger partial charge in [-0.05, 0) is 32.9 Å². The molecule has 2 atom stereocenters. The molecule has 0 N–H and O–H groups in total. The van der Waals surface area contributed by atoms with Crippen molar-refractivity contribution in [3.05, 3.63) is 23.8 Å². The second-order valence-electron chi connectivity index (χ2n) is 4.36. The summed E-state index contributed by atoms with van der Waals surface area (Å²) in [5, 5.41) is 0. The highest BCUT2D eigenvalue weighted by molar-refractivity contribution is 5.43. The molecule has 0 bridgehead atoms. The largest absolute Gasteiger partial charge is 0.493 e. The van der Waals surface area contributed by atoms with E-state index in [1.54, 1.807) is 7.11 Å². The zero-order chi connectivity index (χ0) is 13.1. The lowest BCUT2D eigenvalue weighted by Gasteiger charge is -2.14. The standard InChI is InChI=1S/C14H20O4/c1-5-16-12-7-6-11(8-13(12)15-4)14-17-9(2)10(3)18-14/h6-10,14H,5H2,1-4H3. The first-order valence-corrected chi connectivity index (χ1v) is 6.27. The SMILES string of the molecule is CCOc1ccc(C2OC(C)C(C)O2)cc1OC. The topological polar surface area (TPSA) is 36.9 Å². The van der Waals surface area contributed by atoms with Crippen molar-refractivity contribution in [2.24, 2.45) is 0 Å². The van der Waals surface area contributed by atoms with E-state index in [4.69, 9.17) is 18.9 Å². The van der Waals surface area contributed by atoms with Gasteiger partial charge in [0.05, 0.1) is 25.9 Å². The molecule has 1 aromatic rings. The number of methoxy groups -OCH3 is 1. The van der Waals surface area contributed by atoms with E-state index in [0.29, 0.717) is 12.4 Å². The number of hydrogen-bond acceptors (Lipinski definition) is 4. The van der Waals surface area contributed by atoms with E-state index in [1.807, 2.05) is 39.0 Å². The summed E-state index contributed by atoms with van der Waals surface area (Å²) < 4.78 is 22.3. The predicted molar refractivity (Wildman–Crippen MR) is 68.0 cm³/mol. The van der Waals surface area contributed by atoms with Crippen molar-refractivity contribution < 1.29 is 18.9 Å². The first kappa shape index (κ1) is 13.2. The van der Waals surface area contributed by atoms with Crippen molar-refractivity contribution >= 4 is 0 Å². The minimum Gasteiger partial charge on any atom is -0.493 e. The summed E-state index contributed by atoms with van der Waals surface area (Å²) in [6, 6.07) is 5.74. The Morgan fingerprint density at radius 2 is 1.78 bits per heavy atom. The van der Waals surface area contributed by atoms with Crippen molar-refractivity contribution in [2.45, 2.75) is 39.3 Å². The van der Waals surface area contributed by atoms with Crippen LogP contribution in [0.4, 0.5) is 0 Å². The lowest BCUT2D eigenvalue weighted by Crippen LogP contribution is -2.13. The van der Waals surface area contributed by atoms with Crippen LogP contribution in [0.2, 0.25) is 0 Å². The van der Waals surface area contributed by atoms with Crippen LogP contribution in [0.15, 0.2) is 18.2 Å². The van der Waals surface area contributed by atoms with E-state index < -0.39 is 0 Å². The fourth-order valence-electron chi connectivity index (χ4n) is 1.91. The van der Waals surface area contributed by atoms with Gasteiger partial charge in [0.2, 0.25) is 0 Å². The second kappa shape index (κ2) is 5.59. The summed E-state index contributed by atoms with van der Waals surface area (Å²) in [7, 11) is 1.63. The molecule has 1 saturated heterocycles. The van der Waals surface area contributed by atoms with Gasteiger partial charge in [-0.15, -0.1) is 0 Å². The van der Waals surface area contributed by atoms with E-state index in [0.717, 1.165) is 11.3 Å². The Balaban J connectivity index is 2.19. The molecule has 100 valence electrons. The third-order valence-electron chi connectivity index (χ3n) is 3.10. The smallest absolute Gasteiger partial charge is 0.184 e. The Morgan fingerprint density at radius 1 is 1.11 bits per heavy atom. The summed E-state index contributed by atoms with van der Waals surface area (Å²) in [4.78, 5) is 0. The van der Waals surface area contributed by atoms with Crippen LogP contribution in [0, 0.1) is 0 Å². The zero-order valence-electron chi connectivity index (χ0n) is 11.3. The number of benzene rings is 1. The molecule has 1 heterocycles. The van der Waals surface area contributed by atoms with Gasteiger partial charge in [0.1, 0.15) is 0 Å². The average Bonchev–Trinajstić information content (AvgIpc) is 2.70. The van der Waals surface area contributed by atoms with E-state index in [2.05, 4.69) is 0 Å². The Morgan fingerprint density at radius 3 is 2.33 bits per heavy atom. The fraction of sp³-hybridized carbons (Fsp3) is 0.571. The van der Waals surface area contributed by atoms with Gasteiger partial charge >= 0.3 is 0 Å². The molecule has 1 fully saturated rings. The van der Waals surface area contributed by atoms with Crippen LogP contribution in [0.25, 0.3) is 0 Å². The molecule has 4 heteroatoms. The molecule has 1 aliphatic rings. The Labute approximate surface area is 108 Å². The normalized spacial score (nSPS) is 27.2. The van der Waals surface area contributed by atoms with Crippen LogP contribution in [0.3, 0.4) is 0 Å². The van der Waals surface area contributed by atoms with Crippen LogP contribution in [-0.2, 0) is 9.47 Å². The highest BCUT2D eigenvalue weighted by Gasteiger charge is 2.31. The predicted octanol–water partition coefficient (Wildman–Crippen LogP) is 2.92. The number of rotatable bonds is 4. The highest BCUT2D eigenvalue weighted by Crippen LogP contribution is 2.36. The molecule has 18 heavy (non-hydrogen) atoms. The molecule has 1 aromatic carbocycles. The molecule has 0 saturated carbocycles. The molecule has 4 nitrogen and oxygen atoms in total. The molecular weight excluding hydrogens is 232 g/mol. The maximum Gasteiger partial charge on any atom is 0.184 e. The lowest BCUT2D eigenvalue weighted by atomic mass is 10.2. The summed E-state index contributed by atoms with van der Waals surface area (Å²) >= 11 is 0. The first-order chi connectivity index (χ1) is 8.65. The quantitative estimate of drug-likeness (QED) is 0.825. The summed E-state index contributed by atoms with van der Waals surface area (Å²) in [5.41, 5.74) is 0.950. The van der Waals surface area contributed by atoms with Crippen LogP contribution in [-0.4, -0.2) is 25.9 Å². The summed E-state index contributed by atoms with van der Waals surface area (Å²) in [5.74, 6) is 1.44. The fourth-order valence-corrected chi connectivity index (χ4v) is 1.91. The molecule has 0 spiro atoms. The molecule has 2 rings (SSSR count). The van der Waals surface area contributed by atoms with Crippen LogP contribution < -0.4 is 9.47 Å². The van der Waals surface area contributed by atoms with Crippen LogP contribution in [0.1, 0.15) is 32.6 Å². The zero-order valence-corrected chi connectivity index (χ0v) is 11.3. The van der Waals surface area contributed by atoms with Gasteiger partial charge in [0.25, 0.3) is 0 Å². The Bertz CT molecular complexity index is 395. The summed E-state index contributed by atoms with van der Waals surface area (Å²) in [6.45, 7) is 6.58. The van der Waals surface area contributed by atoms with Gasteiger partial charge in [0.15, 0.2) is 17.8 Å². The van der Waals surface area contributed by atoms with Crippen molar-refractivity contribution in [3.8, 4) is 11.5 Å². The van der Waals surface area contributed by atoms with Gasteiger partial charge in [-0.25, -0.2) is 0 Å². The van der Waals surface area contributed by atoms with Crippen molar-refractivity contribution in [3.63, 3.8) is 0 Å². The van der Waals surface area contributed by atoms with E-state index in [-0.39, 0.29) is 18.5 Å². The maximum absolute atomic E-state index is 5.74. The molecule has 0 radical (unpaired) electrons. The Hall–Kier alpha value is -1.26. The highest BCUT2D eigenvalue weighted by atomic mass is 16.7. The van der Waals surface area contributed by atoms with Gasteiger partial charge in [-0.3, -0.25) is 0 Å². The molecular formula is C14H20O4. The monoisotopic (exact) mass is 252 g/mol.